The van der Waals surface area contributed by atoms with E-state index in [1.54, 1.807) is 54.6 Å². The van der Waals surface area contributed by atoms with Crippen molar-refractivity contribution in [3.63, 3.8) is 0 Å². The Hall–Kier alpha value is -4.24. The molecule has 34 heavy (non-hydrogen) atoms. The van der Waals surface area contributed by atoms with E-state index in [0.717, 1.165) is 5.56 Å². The van der Waals surface area contributed by atoms with Crippen LogP contribution in [0.3, 0.4) is 0 Å². The van der Waals surface area contributed by atoms with Crippen LogP contribution in [0.2, 0.25) is 0 Å². The minimum Gasteiger partial charge on any atom is -0.456 e. The second kappa shape index (κ2) is 11.1. The number of benzene rings is 2. The Kier molecular flexibility index (Phi) is 7.94. The molecule has 0 saturated heterocycles. The number of carbonyl (C=O) groups is 2. The van der Waals surface area contributed by atoms with E-state index < -0.39 is 16.7 Å². The van der Waals surface area contributed by atoms with Crippen molar-refractivity contribution >= 4 is 23.6 Å². The molecule has 0 aliphatic heterocycles. The molecule has 0 atom stereocenters. The molecule has 0 radical (unpaired) electrons. The van der Waals surface area contributed by atoms with Gasteiger partial charge in [0.25, 0.3) is 17.5 Å². The number of carbonyl (C=O) groups excluding carboxylic acids is 2. The largest absolute Gasteiger partial charge is 0.456 e. The Morgan fingerprint density at radius 2 is 1.76 bits per heavy atom. The van der Waals surface area contributed by atoms with Crippen LogP contribution >= 0.6 is 0 Å². The lowest BCUT2D eigenvalue weighted by Crippen LogP contribution is -2.37. The van der Waals surface area contributed by atoms with Crippen LogP contribution in [0.5, 0.6) is 0 Å². The summed E-state index contributed by atoms with van der Waals surface area (Å²) in [5, 5.41) is 16.8. The van der Waals surface area contributed by atoms with E-state index in [2.05, 4.69) is 10.6 Å². The van der Waals surface area contributed by atoms with E-state index >= 15 is 0 Å². The maximum Gasteiger partial charge on any atom is 0.280 e. The highest BCUT2D eigenvalue weighted by molar-refractivity contribution is 6.05. The van der Waals surface area contributed by atoms with Gasteiger partial charge in [-0.15, -0.1) is 0 Å². The zero-order valence-electron chi connectivity index (χ0n) is 19.2. The summed E-state index contributed by atoms with van der Waals surface area (Å²) in [6, 6.07) is 16.3. The minimum atomic E-state index is -0.487. The van der Waals surface area contributed by atoms with Crippen molar-refractivity contribution in [2.45, 2.75) is 6.92 Å². The van der Waals surface area contributed by atoms with Crippen molar-refractivity contribution in [3.05, 3.63) is 93.4 Å². The first kappa shape index (κ1) is 24.4. The van der Waals surface area contributed by atoms with E-state index in [9.17, 15) is 19.7 Å². The second-order valence-corrected chi connectivity index (χ2v) is 7.91. The molecule has 0 saturated carbocycles. The van der Waals surface area contributed by atoms with E-state index in [4.69, 9.17) is 4.42 Å². The van der Waals surface area contributed by atoms with Crippen LogP contribution in [-0.4, -0.2) is 48.8 Å². The number of hydrogen-bond donors (Lipinski definition) is 2. The number of hydrogen-bond acceptors (Lipinski definition) is 6. The van der Waals surface area contributed by atoms with E-state index in [-0.39, 0.29) is 22.9 Å². The highest BCUT2D eigenvalue weighted by atomic mass is 16.6. The average Bonchev–Trinajstić information content (AvgIpc) is 3.27. The Morgan fingerprint density at radius 3 is 2.44 bits per heavy atom. The first-order chi connectivity index (χ1) is 16.2. The van der Waals surface area contributed by atoms with Gasteiger partial charge in [-0.1, -0.05) is 29.8 Å². The molecular weight excluding hydrogens is 436 g/mol. The van der Waals surface area contributed by atoms with Gasteiger partial charge in [0.2, 0.25) is 0 Å². The summed E-state index contributed by atoms with van der Waals surface area (Å²) in [6.07, 6.45) is 1.40. The van der Waals surface area contributed by atoms with Crippen molar-refractivity contribution < 1.29 is 18.9 Å². The SMILES string of the molecule is Cc1ccc(C(=O)N/C(=C\c2ccc(-c3ccccc3[N+](=O)[O-])o2)C(=O)NCCN(C)C)cc1. The predicted octanol–water partition coefficient (Wildman–Crippen LogP) is 3.61. The Bertz CT molecular complexity index is 1210. The molecule has 0 aliphatic rings. The highest BCUT2D eigenvalue weighted by Gasteiger charge is 2.19. The Morgan fingerprint density at radius 1 is 1.06 bits per heavy atom. The summed E-state index contributed by atoms with van der Waals surface area (Å²) in [4.78, 5) is 38.3. The summed E-state index contributed by atoms with van der Waals surface area (Å²) < 4.78 is 5.77. The monoisotopic (exact) mass is 462 g/mol. The van der Waals surface area contributed by atoms with E-state index in [1.807, 2.05) is 25.9 Å². The van der Waals surface area contributed by atoms with Gasteiger partial charge < -0.3 is 20.0 Å². The third-order valence-electron chi connectivity index (χ3n) is 4.93. The normalized spacial score (nSPS) is 11.4. The van der Waals surface area contributed by atoms with Crippen molar-refractivity contribution in [1.29, 1.82) is 0 Å². The van der Waals surface area contributed by atoms with Gasteiger partial charge in [-0.25, -0.2) is 0 Å². The average molecular weight is 463 g/mol. The Labute approximate surface area is 197 Å². The molecule has 0 bridgehead atoms. The van der Waals surface area contributed by atoms with Gasteiger partial charge in [-0.05, 0) is 51.4 Å². The summed E-state index contributed by atoms with van der Waals surface area (Å²) in [5.74, 6) is -0.392. The lowest BCUT2D eigenvalue weighted by molar-refractivity contribution is -0.384. The van der Waals surface area contributed by atoms with Crippen LogP contribution in [0.4, 0.5) is 5.69 Å². The fourth-order valence-electron chi connectivity index (χ4n) is 3.10. The number of likely N-dealkylation sites (N-methyl/N-ethyl adjacent to an activating group) is 1. The third kappa shape index (κ3) is 6.39. The molecule has 2 N–H and O–H groups in total. The smallest absolute Gasteiger partial charge is 0.280 e. The van der Waals surface area contributed by atoms with Crippen LogP contribution in [0, 0.1) is 17.0 Å². The number of para-hydroxylation sites is 1. The lowest BCUT2D eigenvalue weighted by atomic mass is 10.1. The number of nitrogens with one attached hydrogen (secondary N) is 2. The fourth-order valence-corrected chi connectivity index (χ4v) is 3.10. The van der Waals surface area contributed by atoms with Gasteiger partial charge in [0, 0.05) is 30.8 Å². The summed E-state index contributed by atoms with van der Waals surface area (Å²) in [6.45, 7) is 2.91. The van der Waals surface area contributed by atoms with Gasteiger partial charge >= 0.3 is 0 Å². The zero-order valence-corrected chi connectivity index (χ0v) is 19.2. The zero-order chi connectivity index (χ0) is 24.7. The number of amides is 2. The lowest BCUT2D eigenvalue weighted by Gasteiger charge is -2.13. The van der Waals surface area contributed by atoms with Crippen LogP contribution in [0.1, 0.15) is 21.7 Å². The van der Waals surface area contributed by atoms with Gasteiger partial charge in [-0.3, -0.25) is 19.7 Å². The molecule has 176 valence electrons. The molecule has 1 heterocycles. The number of aryl methyl sites for hydroxylation is 1. The van der Waals surface area contributed by atoms with Crippen molar-refractivity contribution in [1.82, 2.24) is 15.5 Å². The van der Waals surface area contributed by atoms with Crippen LogP contribution in [0.25, 0.3) is 17.4 Å². The molecular formula is C25H26N4O5. The van der Waals surface area contributed by atoms with E-state index in [1.165, 1.54) is 12.1 Å². The van der Waals surface area contributed by atoms with Crippen LogP contribution < -0.4 is 10.6 Å². The Balaban J connectivity index is 1.89. The van der Waals surface area contributed by atoms with Crippen molar-refractivity contribution in [2.24, 2.45) is 0 Å². The minimum absolute atomic E-state index is 0.00667. The predicted molar refractivity (Wildman–Crippen MR) is 129 cm³/mol. The van der Waals surface area contributed by atoms with Gasteiger partial charge in [0.05, 0.1) is 10.5 Å². The van der Waals surface area contributed by atoms with Crippen molar-refractivity contribution in [3.8, 4) is 11.3 Å². The molecule has 0 spiro atoms. The highest BCUT2D eigenvalue weighted by Crippen LogP contribution is 2.31. The molecule has 2 amide bonds. The molecule has 9 heteroatoms. The maximum atomic E-state index is 12.8. The molecule has 0 unspecified atom stereocenters. The summed E-state index contributed by atoms with van der Waals surface area (Å²) in [7, 11) is 3.77. The first-order valence-corrected chi connectivity index (χ1v) is 10.6. The van der Waals surface area contributed by atoms with Crippen LogP contribution in [0.15, 0.2) is 70.8 Å². The fraction of sp³-hybridized carbons (Fsp3) is 0.200. The van der Waals surface area contributed by atoms with Gasteiger partial charge in [0.1, 0.15) is 17.2 Å². The number of nitro groups is 1. The molecule has 9 nitrogen and oxygen atoms in total. The molecule has 0 aliphatic carbocycles. The topological polar surface area (TPSA) is 118 Å². The first-order valence-electron chi connectivity index (χ1n) is 10.6. The number of furan rings is 1. The second-order valence-electron chi connectivity index (χ2n) is 7.91. The number of rotatable bonds is 9. The van der Waals surface area contributed by atoms with Crippen molar-refractivity contribution in [2.75, 3.05) is 27.2 Å². The molecule has 2 aromatic carbocycles. The molecule has 3 aromatic rings. The van der Waals surface area contributed by atoms with Gasteiger partial charge in [0.15, 0.2) is 0 Å². The van der Waals surface area contributed by atoms with Gasteiger partial charge in [-0.2, -0.15) is 0 Å². The summed E-state index contributed by atoms with van der Waals surface area (Å²) in [5.41, 5.74) is 1.62. The molecule has 1 aromatic heterocycles. The van der Waals surface area contributed by atoms with Crippen LogP contribution in [-0.2, 0) is 4.79 Å². The van der Waals surface area contributed by atoms with E-state index in [0.29, 0.717) is 24.2 Å². The molecule has 0 fully saturated rings. The quantitative estimate of drug-likeness (QED) is 0.285. The number of nitrogens with zero attached hydrogens (tertiary/aromatic N) is 2. The summed E-state index contributed by atoms with van der Waals surface area (Å²) >= 11 is 0. The maximum absolute atomic E-state index is 12.8. The third-order valence-corrected chi connectivity index (χ3v) is 4.93. The number of nitro benzene ring substituents is 1. The standard InChI is InChI=1S/C25H26N4O5/c1-17-8-10-18(11-9-17)24(30)27-21(25(31)26-14-15-28(2)3)16-19-12-13-23(34-19)20-6-4-5-7-22(20)29(32)33/h4-13,16H,14-15H2,1-3H3,(H,26,31)(H,27,30)/b21-16-. The molecule has 3 rings (SSSR count).